The summed E-state index contributed by atoms with van der Waals surface area (Å²) in [6.45, 7) is 0. The van der Waals surface area contributed by atoms with Crippen molar-refractivity contribution in [2.75, 3.05) is 0 Å². The Morgan fingerprint density at radius 2 is 0.788 bits per heavy atom. The minimum atomic E-state index is 0.563. The zero-order valence-electron chi connectivity index (χ0n) is 17.0. The summed E-state index contributed by atoms with van der Waals surface area (Å²) in [6.07, 6.45) is 0. The van der Waals surface area contributed by atoms with Crippen LogP contribution in [-0.4, -0.2) is 15.0 Å². The SMILES string of the molecule is N#Cc1cccc2c1[nH]c1c3[nH]c4c(C#N)cccc4c3c3c4cccc(C#N)c4[nH]c3c21. The molecule has 0 unspecified atom stereocenters. The number of nitriles is 3. The Labute approximate surface area is 185 Å². The van der Waals surface area contributed by atoms with Crippen molar-refractivity contribution < 1.29 is 0 Å². The van der Waals surface area contributed by atoms with Crippen molar-refractivity contribution in [1.29, 1.82) is 15.8 Å². The monoisotopic (exact) mass is 420 g/mol. The van der Waals surface area contributed by atoms with E-state index in [1.54, 1.807) is 18.2 Å². The van der Waals surface area contributed by atoms with Gasteiger partial charge in [0.25, 0.3) is 0 Å². The van der Waals surface area contributed by atoms with E-state index in [9.17, 15) is 15.8 Å². The van der Waals surface area contributed by atoms with Crippen molar-refractivity contribution in [2.24, 2.45) is 0 Å². The fourth-order valence-corrected chi connectivity index (χ4v) is 5.27. The maximum Gasteiger partial charge on any atom is 0.101 e. The van der Waals surface area contributed by atoms with Crippen molar-refractivity contribution in [1.82, 2.24) is 15.0 Å². The number of nitrogens with one attached hydrogen (secondary N) is 3. The van der Waals surface area contributed by atoms with Gasteiger partial charge in [0.1, 0.15) is 18.2 Å². The van der Waals surface area contributed by atoms with Gasteiger partial charge < -0.3 is 15.0 Å². The van der Waals surface area contributed by atoms with Crippen LogP contribution in [0.15, 0.2) is 54.6 Å². The van der Waals surface area contributed by atoms with Gasteiger partial charge in [-0.1, -0.05) is 36.4 Å². The number of rotatable bonds is 0. The van der Waals surface area contributed by atoms with E-state index in [2.05, 4.69) is 33.2 Å². The molecule has 3 aromatic heterocycles. The summed E-state index contributed by atoms with van der Waals surface area (Å²) in [4.78, 5) is 10.5. The molecular formula is C27H12N6. The number of H-pyrrole nitrogens is 3. The molecule has 0 radical (unpaired) electrons. The molecule has 3 heterocycles. The van der Waals surface area contributed by atoms with E-state index in [4.69, 9.17) is 0 Å². The Balaban J connectivity index is 1.91. The summed E-state index contributed by atoms with van der Waals surface area (Å²) in [6, 6.07) is 23.9. The van der Waals surface area contributed by atoms with Crippen LogP contribution >= 0.6 is 0 Å². The number of para-hydroxylation sites is 3. The van der Waals surface area contributed by atoms with Crippen LogP contribution in [0.5, 0.6) is 0 Å². The molecule has 0 amide bonds. The molecule has 0 saturated heterocycles. The molecule has 3 N–H and O–H groups in total. The highest BCUT2D eigenvalue weighted by Gasteiger charge is 2.22. The maximum absolute atomic E-state index is 9.73. The second-order valence-electron chi connectivity index (χ2n) is 8.14. The fraction of sp³-hybridized carbons (Fsp3) is 0. The summed E-state index contributed by atoms with van der Waals surface area (Å²) >= 11 is 0. The molecular weight excluding hydrogens is 408 g/mol. The molecule has 6 heteroatoms. The van der Waals surface area contributed by atoms with Crippen molar-refractivity contribution in [3.8, 4) is 18.2 Å². The van der Waals surface area contributed by atoms with Crippen LogP contribution in [0.4, 0.5) is 0 Å². The van der Waals surface area contributed by atoms with E-state index in [-0.39, 0.29) is 0 Å². The molecule has 0 bridgehead atoms. The van der Waals surface area contributed by atoms with Gasteiger partial charge in [-0.3, -0.25) is 0 Å². The average molecular weight is 420 g/mol. The van der Waals surface area contributed by atoms with Gasteiger partial charge in [-0.15, -0.1) is 0 Å². The summed E-state index contributed by atoms with van der Waals surface area (Å²) in [5.41, 5.74) is 6.65. The zero-order valence-corrected chi connectivity index (χ0v) is 17.0. The zero-order chi connectivity index (χ0) is 22.3. The third kappa shape index (κ3) is 1.99. The third-order valence-electron chi connectivity index (χ3n) is 6.61. The lowest BCUT2D eigenvalue weighted by atomic mass is 10.00. The highest BCUT2D eigenvalue weighted by molar-refractivity contribution is 6.39. The van der Waals surface area contributed by atoms with Crippen LogP contribution in [0.2, 0.25) is 0 Å². The molecule has 0 aliphatic rings. The Morgan fingerprint density at radius 1 is 0.424 bits per heavy atom. The standard InChI is InChI=1S/C27H12N6/c28-10-13-4-1-7-16-19-20-17-8-2-5-14(11-29)23(17)32-26(20)27-21(25(19)31-22(13)16)18-9-3-6-15(12-30)24(18)33-27/h1-9,31-33H. The van der Waals surface area contributed by atoms with Crippen LogP contribution in [-0.2, 0) is 0 Å². The minimum Gasteiger partial charge on any atom is -0.353 e. The molecule has 4 aromatic carbocycles. The predicted molar refractivity (Wildman–Crippen MR) is 129 cm³/mol. The van der Waals surface area contributed by atoms with E-state index < -0.39 is 0 Å². The van der Waals surface area contributed by atoms with Gasteiger partial charge in [-0.2, -0.15) is 15.8 Å². The lowest BCUT2D eigenvalue weighted by Gasteiger charge is -2.01. The van der Waals surface area contributed by atoms with Crippen molar-refractivity contribution in [3.63, 3.8) is 0 Å². The second-order valence-corrected chi connectivity index (χ2v) is 8.14. The lowest BCUT2D eigenvalue weighted by Crippen LogP contribution is -1.77. The molecule has 0 atom stereocenters. The van der Waals surface area contributed by atoms with E-state index in [1.165, 1.54) is 0 Å². The first-order valence-corrected chi connectivity index (χ1v) is 10.4. The Bertz CT molecular complexity index is 2110. The third-order valence-corrected chi connectivity index (χ3v) is 6.61. The van der Waals surface area contributed by atoms with Crippen LogP contribution in [0, 0.1) is 34.0 Å². The van der Waals surface area contributed by atoms with Gasteiger partial charge in [0.15, 0.2) is 0 Å². The largest absolute Gasteiger partial charge is 0.353 e. The molecule has 7 aromatic rings. The number of aromatic nitrogens is 3. The number of hydrogen-bond acceptors (Lipinski definition) is 3. The number of fused-ring (bicyclic) bond motifs is 12. The van der Waals surface area contributed by atoms with Crippen LogP contribution < -0.4 is 0 Å². The molecule has 150 valence electrons. The first-order chi connectivity index (χ1) is 16.2. The Hall–Kier alpha value is -5.25. The van der Waals surface area contributed by atoms with Crippen molar-refractivity contribution >= 4 is 65.4 Å². The normalized spacial score (nSPS) is 11.5. The fourth-order valence-electron chi connectivity index (χ4n) is 5.27. The average Bonchev–Trinajstić information content (AvgIpc) is 3.54. The molecule has 0 aliphatic carbocycles. The number of aromatic amines is 3. The van der Waals surface area contributed by atoms with E-state index in [1.807, 2.05) is 36.4 Å². The van der Waals surface area contributed by atoms with Gasteiger partial charge in [-0.25, -0.2) is 0 Å². The Kier molecular flexibility index (Phi) is 3.13. The first kappa shape index (κ1) is 17.4. The van der Waals surface area contributed by atoms with Crippen LogP contribution in [0.1, 0.15) is 16.7 Å². The number of nitrogens with zero attached hydrogens (tertiary/aromatic N) is 3. The van der Waals surface area contributed by atoms with Gasteiger partial charge in [-0.05, 0) is 18.2 Å². The predicted octanol–water partition coefficient (Wildman–Crippen LogP) is 6.21. The van der Waals surface area contributed by atoms with Gasteiger partial charge in [0, 0.05) is 32.3 Å². The van der Waals surface area contributed by atoms with E-state index in [0.717, 1.165) is 65.4 Å². The van der Waals surface area contributed by atoms with Crippen LogP contribution in [0.3, 0.4) is 0 Å². The number of benzene rings is 4. The van der Waals surface area contributed by atoms with Crippen molar-refractivity contribution in [2.45, 2.75) is 0 Å². The Morgan fingerprint density at radius 3 is 1.24 bits per heavy atom. The summed E-state index contributed by atoms with van der Waals surface area (Å²) in [5, 5.41) is 34.9. The topological polar surface area (TPSA) is 119 Å². The lowest BCUT2D eigenvalue weighted by molar-refractivity contribution is 1.46. The molecule has 0 saturated carbocycles. The summed E-state index contributed by atoms with van der Waals surface area (Å²) < 4.78 is 0. The molecule has 0 spiro atoms. The second kappa shape index (κ2) is 5.92. The molecule has 6 nitrogen and oxygen atoms in total. The maximum atomic E-state index is 9.73. The number of hydrogen-bond donors (Lipinski definition) is 3. The highest BCUT2D eigenvalue weighted by atomic mass is 14.8. The molecule has 0 aliphatic heterocycles. The first-order valence-electron chi connectivity index (χ1n) is 10.4. The van der Waals surface area contributed by atoms with E-state index in [0.29, 0.717) is 16.7 Å². The van der Waals surface area contributed by atoms with Gasteiger partial charge in [0.2, 0.25) is 0 Å². The molecule has 33 heavy (non-hydrogen) atoms. The van der Waals surface area contributed by atoms with Crippen LogP contribution in [0.25, 0.3) is 65.4 Å². The van der Waals surface area contributed by atoms with Gasteiger partial charge >= 0.3 is 0 Å². The summed E-state index contributed by atoms with van der Waals surface area (Å²) in [5.74, 6) is 0. The smallest absolute Gasteiger partial charge is 0.101 e. The quantitative estimate of drug-likeness (QED) is 0.271. The molecule has 0 fully saturated rings. The molecule has 7 rings (SSSR count). The van der Waals surface area contributed by atoms with E-state index >= 15 is 0 Å². The summed E-state index contributed by atoms with van der Waals surface area (Å²) in [7, 11) is 0. The van der Waals surface area contributed by atoms with Crippen molar-refractivity contribution in [3.05, 3.63) is 71.3 Å². The minimum absolute atomic E-state index is 0.563. The highest BCUT2D eigenvalue weighted by Crippen LogP contribution is 2.45. The van der Waals surface area contributed by atoms with Gasteiger partial charge in [0.05, 0.1) is 49.8 Å².